The fourth-order valence-electron chi connectivity index (χ4n) is 9.79. The molecule has 11 rings (SSSR count). The van der Waals surface area contributed by atoms with Crippen LogP contribution in [0.3, 0.4) is 0 Å². The van der Waals surface area contributed by atoms with E-state index in [4.69, 9.17) is 15.0 Å². The van der Waals surface area contributed by atoms with Crippen LogP contribution in [0, 0.1) is 0 Å². The van der Waals surface area contributed by atoms with Crippen LogP contribution in [0.5, 0.6) is 0 Å². The third-order valence-electron chi connectivity index (χ3n) is 13.4. The smallest absolute Gasteiger partial charge is 0.165 e. The maximum atomic E-state index is 5.34. The van der Waals surface area contributed by atoms with Crippen LogP contribution in [0.15, 0.2) is 200 Å². The molecular formula is C58H45N3Si. The van der Waals surface area contributed by atoms with Gasteiger partial charge in [-0.1, -0.05) is 215 Å². The molecule has 1 unspecified atom stereocenters. The van der Waals surface area contributed by atoms with Crippen molar-refractivity contribution in [1.82, 2.24) is 15.0 Å². The quantitative estimate of drug-likeness (QED) is 0.119. The van der Waals surface area contributed by atoms with Crippen molar-refractivity contribution in [2.75, 3.05) is 0 Å². The van der Waals surface area contributed by atoms with Crippen molar-refractivity contribution >= 4 is 29.6 Å². The number of benzene rings is 9. The second-order valence-corrected chi connectivity index (χ2v) is 23.2. The Kier molecular flexibility index (Phi) is 8.95. The van der Waals surface area contributed by atoms with Gasteiger partial charge >= 0.3 is 0 Å². The van der Waals surface area contributed by atoms with E-state index in [9.17, 15) is 0 Å². The summed E-state index contributed by atoms with van der Waals surface area (Å²) in [6, 6.07) is 72.0. The summed E-state index contributed by atoms with van der Waals surface area (Å²) in [5.41, 5.74) is 15.7. The Hall–Kier alpha value is -7.27. The Morgan fingerprint density at radius 2 is 0.758 bits per heavy atom. The summed E-state index contributed by atoms with van der Waals surface area (Å²) in [5.74, 6) is 1.93. The molecule has 1 heterocycles. The molecule has 0 N–H and O–H groups in total. The highest BCUT2D eigenvalue weighted by Gasteiger charge is 2.48. The topological polar surface area (TPSA) is 38.7 Å². The van der Waals surface area contributed by atoms with Gasteiger partial charge in [0.05, 0.1) is 8.07 Å². The van der Waals surface area contributed by atoms with Crippen molar-refractivity contribution in [3.05, 3.63) is 211 Å². The lowest BCUT2D eigenvalue weighted by atomic mass is 9.88. The van der Waals surface area contributed by atoms with E-state index in [0.717, 1.165) is 49.4 Å². The van der Waals surface area contributed by atoms with Crippen molar-refractivity contribution in [2.24, 2.45) is 0 Å². The molecule has 10 aromatic rings. The molecule has 0 saturated heterocycles. The fraction of sp³-hybridized carbons (Fsp3) is 0.0862. The number of fused-ring (bicyclic) bond motifs is 5. The molecule has 3 nitrogen and oxygen atoms in total. The van der Waals surface area contributed by atoms with Crippen molar-refractivity contribution in [1.29, 1.82) is 0 Å². The standard InChI is InChI=1S/C58H45N3Si/c1-58(62(2,3)4)51-29-16-15-24-45(51)46-35-34-43(37-52(46)58)39-32-30-38(31-33-39)42-22-17-23-44(36-42)56-59-55(41-20-9-6-10-21-41)60-57(61-56)54-49-27-13-11-25-47(49)53(40-18-7-5-8-19-40)48-26-12-14-28-50(48)54/h5-37H,1-4H3. The largest absolute Gasteiger partial charge is 0.208 e. The fourth-order valence-corrected chi connectivity index (χ4v) is 11.8. The summed E-state index contributed by atoms with van der Waals surface area (Å²) in [6.45, 7) is 9.99. The summed E-state index contributed by atoms with van der Waals surface area (Å²) in [5, 5.41) is 4.57. The highest BCUT2D eigenvalue weighted by molar-refractivity contribution is 6.80. The monoisotopic (exact) mass is 811 g/mol. The highest BCUT2D eigenvalue weighted by atomic mass is 28.3. The van der Waals surface area contributed by atoms with Crippen molar-refractivity contribution in [3.63, 3.8) is 0 Å². The van der Waals surface area contributed by atoms with E-state index < -0.39 is 8.07 Å². The molecule has 1 atom stereocenters. The van der Waals surface area contributed by atoms with Gasteiger partial charge < -0.3 is 0 Å². The maximum absolute atomic E-state index is 5.34. The molecule has 1 aliphatic rings. The molecule has 0 bridgehead atoms. The van der Waals surface area contributed by atoms with Crippen LogP contribution in [-0.2, 0) is 5.04 Å². The third kappa shape index (κ3) is 6.13. The molecule has 0 aliphatic heterocycles. The van der Waals surface area contributed by atoms with E-state index in [2.05, 4.69) is 209 Å². The van der Waals surface area contributed by atoms with E-state index in [1.807, 2.05) is 18.2 Å². The molecule has 296 valence electrons. The van der Waals surface area contributed by atoms with Gasteiger partial charge in [-0.05, 0) is 89.3 Å². The number of nitrogens with zero attached hydrogens (tertiary/aromatic N) is 3. The molecular weight excluding hydrogens is 767 g/mol. The van der Waals surface area contributed by atoms with Crippen LogP contribution in [0.4, 0.5) is 0 Å². The first-order valence-corrected chi connectivity index (χ1v) is 25.0. The van der Waals surface area contributed by atoms with E-state index >= 15 is 0 Å². The molecule has 1 aromatic heterocycles. The summed E-state index contributed by atoms with van der Waals surface area (Å²) in [7, 11) is -1.66. The first-order valence-electron chi connectivity index (χ1n) is 21.5. The molecule has 9 aromatic carbocycles. The van der Waals surface area contributed by atoms with Gasteiger partial charge in [0, 0.05) is 21.7 Å². The maximum Gasteiger partial charge on any atom is 0.165 e. The molecule has 0 spiro atoms. The summed E-state index contributed by atoms with van der Waals surface area (Å²) >= 11 is 0. The lowest BCUT2D eigenvalue weighted by Crippen LogP contribution is -2.46. The Morgan fingerprint density at radius 1 is 0.323 bits per heavy atom. The van der Waals surface area contributed by atoms with Crippen LogP contribution >= 0.6 is 0 Å². The van der Waals surface area contributed by atoms with Gasteiger partial charge in [-0.15, -0.1) is 0 Å². The summed E-state index contributed by atoms with van der Waals surface area (Å²) in [4.78, 5) is 15.8. The third-order valence-corrected chi connectivity index (χ3v) is 16.9. The van der Waals surface area contributed by atoms with Crippen LogP contribution in [-0.4, -0.2) is 23.0 Å². The minimum atomic E-state index is -1.66. The molecule has 0 amide bonds. The van der Waals surface area contributed by atoms with E-state index in [0.29, 0.717) is 17.5 Å². The minimum Gasteiger partial charge on any atom is -0.208 e. The second-order valence-electron chi connectivity index (χ2n) is 17.7. The molecule has 1 aliphatic carbocycles. The molecule has 0 fully saturated rings. The Balaban J connectivity index is 1.01. The zero-order chi connectivity index (χ0) is 42.0. The summed E-state index contributed by atoms with van der Waals surface area (Å²) < 4.78 is 0. The molecule has 0 radical (unpaired) electrons. The number of hydrogen-bond acceptors (Lipinski definition) is 3. The van der Waals surface area contributed by atoms with Crippen molar-refractivity contribution in [2.45, 2.75) is 31.6 Å². The zero-order valence-electron chi connectivity index (χ0n) is 35.4. The van der Waals surface area contributed by atoms with E-state index in [1.54, 1.807) is 0 Å². The van der Waals surface area contributed by atoms with Crippen LogP contribution in [0.2, 0.25) is 19.6 Å². The molecule has 62 heavy (non-hydrogen) atoms. The van der Waals surface area contributed by atoms with E-state index in [1.165, 1.54) is 44.5 Å². The van der Waals surface area contributed by atoms with Gasteiger partial charge in [0.2, 0.25) is 0 Å². The van der Waals surface area contributed by atoms with E-state index in [-0.39, 0.29) is 5.04 Å². The molecule has 0 saturated carbocycles. The molecule has 4 heteroatoms. The van der Waals surface area contributed by atoms with Crippen molar-refractivity contribution < 1.29 is 0 Å². The van der Waals surface area contributed by atoms with Crippen LogP contribution < -0.4 is 0 Å². The lowest BCUT2D eigenvalue weighted by molar-refractivity contribution is 0.800. The predicted molar refractivity (Wildman–Crippen MR) is 263 cm³/mol. The average molecular weight is 812 g/mol. The lowest BCUT2D eigenvalue weighted by Gasteiger charge is -2.39. The van der Waals surface area contributed by atoms with Gasteiger partial charge in [0.25, 0.3) is 0 Å². The average Bonchev–Trinajstić information content (AvgIpc) is 3.59. The van der Waals surface area contributed by atoms with Crippen molar-refractivity contribution in [3.8, 4) is 78.7 Å². The van der Waals surface area contributed by atoms with Gasteiger partial charge in [0.1, 0.15) is 0 Å². The van der Waals surface area contributed by atoms with Gasteiger partial charge in [-0.25, -0.2) is 15.0 Å². The summed E-state index contributed by atoms with van der Waals surface area (Å²) in [6.07, 6.45) is 0. The van der Waals surface area contributed by atoms with Crippen LogP contribution in [0.25, 0.3) is 100 Å². The highest BCUT2D eigenvalue weighted by Crippen LogP contribution is 2.54. The SMILES string of the molecule is CC1([Si](C)(C)C)c2ccccc2-c2ccc(-c3ccc(-c4cccc(-c5nc(-c6ccccc6)nc(-c6c7ccccc7c(-c7ccccc7)c7ccccc67)n5)c4)cc3)cc21. The van der Waals surface area contributed by atoms with Gasteiger partial charge in [-0.3, -0.25) is 0 Å². The Morgan fingerprint density at radius 3 is 1.37 bits per heavy atom. The number of aromatic nitrogens is 3. The van der Waals surface area contributed by atoms with Gasteiger partial charge in [-0.2, -0.15) is 0 Å². The first-order chi connectivity index (χ1) is 30.3. The normalized spacial score (nSPS) is 14.5. The number of rotatable bonds is 7. The second kappa shape index (κ2) is 14.7. The first kappa shape index (κ1) is 37.7. The van der Waals surface area contributed by atoms with Gasteiger partial charge in [0.15, 0.2) is 17.5 Å². The zero-order valence-corrected chi connectivity index (χ0v) is 36.4. The number of hydrogen-bond donors (Lipinski definition) is 0. The Labute approximate surface area is 364 Å². The predicted octanol–water partition coefficient (Wildman–Crippen LogP) is 15.3. The Bertz CT molecular complexity index is 3280. The van der Waals surface area contributed by atoms with Crippen LogP contribution in [0.1, 0.15) is 18.1 Å². The minimum absolute atomic E-state index is 0.0381.